The zero-order chi connectivity index (χ0) is 17.9. The van der Waals surface area contributed by atoms with Gasteiger partial charge in [-0.2, -0.15) is 9.62 Å². The molecule has 0 radical (unpaired) electrons. The molecule has 0 amide bonds. The number of hydrogen-bond donors (Lipinski definition) is 1. The summed E-state index contributed by atoms with van der Waals surface area (Å²) in [6.45, 7) is 4.50. The fourth-order valence-corrected chi connectivity index (χ4v) is 2.85. The fourth-order valence-electron chi connectivity index (χ4n) is 2.85. The van der Waals surface area contributed by atoms with Gasteiger partial charge >= 0.3 is 0 Å². The molecule has 0 fully saturated rings. The van der Waals surface area contributed by atoms with E-state index >= 15 is 0 Å². The van der Waals surface area contributed by atoms with Gasteiger partial charge in [0.1, 0.15) is 12.1 Å². The quantitative estimate of drug-likeness (QED) is 0.442. The Morgan fingerprint density at radius 2 is 1.88 bits per heavy atom. The van der Waals surface area contributed by atoms with Crippen LogP contribution in [0.4, 0.5) is 5.82 Å². The van der Waals surface area contributed by atoms with Crippen molar-refractivity contribution in [2.24, 2.45) is 5.10 Å². The van der Waals surface area contributed by atoms with Gasteiger partial charge in [-0.15, -0.1) is 15.3 Å². The van der Waals surface area contributed by atoms with Crippen molar-refractivity contribution in [3.8, 4) is 5.75 Å². The van der Waals surface area contributed by atoms with E-state index in [0.717, 1.165) is 27.8 Å². The molecule has 0 aliphatic carbocycles. The average Bonchev–Trinajstić information content (AvgIpc) is 3.15. The predicted octanol–water partition coefficient (Wildman–Crippen LogP) is 3.51. The van der Waals surface area contributed by atoms with E-state index in [-0.39, 0.29) is 0 Å². The topological polar surface area (TPSA) is 76.7 Å². The third-order valence-corrected chi connectivity index (χ3v) is 4.07. The number of ether oxygens (including phenoxy) is 1. The minimum absolute atomic E-state index is 0.605. The lowest BCUT2D eigenvalue weighted by Crippen LogP contribution is -2.06. The summed E-state index contributed by atoms with van der Waals surface area (Å²) >= 11 is 0. The van der Waals surface area contributed by atoms with E-state index in [9.17, 15) is 0 Å². The van der Waals surface area contributed by atoms with E-state index in [2.05, 4.69) is 25.8 Å². The molecule has 0 unspecified atom stereocenters. The number of anilines is 1. The number of aromatic nitrogens is 4. The molecule has 0 spiro atoms. The van der Waals surface area contributed by atoms with Gasteiger partial charge in [0.05, 0.1) is 12.3 Å². The van der Waals surface area contributed by atoms with Crippen molar-refractivity contribution in [2.75, 3.05) is 12.0 Å². The Kier molecular flexibility index (Phi) is 4.18. The number of rotatable bonds is 5. The van der Waals surface area contributed by atoms with Crippen LogP contribution in [0.3, 0.4) is 0 Å². The van der Waals surface area contributed by atoms with Crippen molar-refractivity contribution in [1.82, 2.24) is 19.8 Å². The minimum Gasteiger partial charge on any atom is -0.493 e. The van der Waals surface area contributed by atoms with Crippen LogP contribution in [0.1, 0.15) is 19.4 Å². The standard InChI is InChI=1S/C19H18N6O/c1-3-26-17-11-7-6-8-14(17)13(2)21-22-18-15-9-4-5-10-16(15)19-23-20-12-25(19)24-18/h4-12H,3H2,1-2H3,(H,22,24). The van der Waals surface area contributed by atoms with Crippen LogP contribution in [0.25, 0.3) is 16.4 Å². The third kappa shape index (κ3) is 2.83. The van der Waals surface area contributed by atoms with Crippen molar-refractivity contribution in [3.63, 3.8) is 0 Å². The molecule has 0 aliphatic rings. The molecule has 7 nitrogen and oxygen atoms in total. The molecule has 7 heteroatoms. The molecule has 2 heterocycles. The highest BCUT2D eigenvalue weighted by Gasteiger charge is 2.10. The first-order valence-electron chi connectivity index (χ1n) is 8.39. The average molecular weight is 346 g/mol. The Morgan fingerprint density at radius 3 is 2.73 bits per heavy atom. The molecule has 4 aromatic rings. The molecule has 0 bridgehead atoms. The summed E-state index contributed by atoms with van der Waals surface area (Å²) in [5.41, 5.74) is 5.55. The van der Waals surface area contributed by atoms with Crippen LogP contribution < -0.4 is 10.2 Å². The number of nitrogens with zero attached hydrogens (tertiary/aromatic N) is 5. The maximum Gasteiger partial charge on any atom is 0.185 e. The molecule has 0 saturated carbocycles. The molecule has 4 rings (SSSR count). The lowest BCUT2D eigenvalue weighted by atomic mass is 10.1. The molecule has 0 aliphatic heterocycles. The van der Waals surface area contributed by atoms with Gasteiger partial charge in [0.25, 0.3) is 0 Å². The van der Waals surface area contributed by atoms with E-state index in [1.165, 1.54) is 0 Å². The number of nitrogens with one attached hydrogen (secondary N) is 1. The number of benzene rings is 2. The van der Waals surface area contributed by atoms with Crippen LogP contribution in [0.15, 0.2) is 60.0 Å². The highest BCUT2D eigenvalue weighted by atomic mass is 16.5. The van der Waals surface area contributed by atoms with Crippen molar-refractivity contribution >= 4 is 27.9 Å². The molecule has 0 atom stereocenters. The number of hydrogen-bond acceptors (Lipinski definition) is 6. The van der Waals surface area contributed by atoms with E-state index in [4.69, 9.17) is 4.74 Å². The first-order chi connectivity index (χ1) is 12.8. The van der Waals surface area contributed by atoms with Crippen molar-refractivity contribution in [2.45, 2.75) is 13.8 Å². The Hall–Kier alpha value is -3.48. The van der Waals surface area contributed by atoms with E-state index in [1.807, 2.05) is 62.4 Å². The summed E-state index contributed by atoms with van der Waals surface area (Å²) in [5.74, 6) is 1.45. The van der Waals surface area contributed by atoms with Crippen LogP contribution >= 0.6 is 0 Å². The summed E-state index contributed by atoms with van der Waals surface area (Å²) < 4.78 is 7.33. The summed E-state index contributed by atoms with van der Waals surface area (Å²) in [5, 5.41) is 19.0. The van der Waals surface area contributed by atoms with Gasteiger partial charge in [-0.3, -0.25) is 5.43 Å². The molecular formula is C19H18N6O. The zero-order valence-corrected chi connectivity index (χ0v) is 14.5. The molecule has 0 saturated heterocycles. The first-order valence-corrected chi connectivity index (χ1v) is 8.39. The molecule has 2 aromatic heterocycles. The highest BCUT2D eigenvalue weighted by Crippen LogP contribution is 2.24. The summed E-state index contributed by atoms with van der Waals surface area (Å²) in [6.07, 6.45) is 1.58. The van der Waals surface area contributed by atoms with Gasteiger partial charge in [-0.25, -0.2) is 0 Å². The lowest BCUT2D eigenvalue weighted by molar-refractivity contribution is 0.339. The zero-order valence-electron chi connectivity index (χ0n) is 14.5. The van der Waals surface area contributed by atoms with Gasteiger partial charge in [-0.05, 0) is 26.0 Å². The number of fused-ring (bicyclic) bond motifs is 3. The van der Waals surface area contributed by atoms with Crippen LogP contribution in [0.5, 0.6) is 5.75 Å². The van der Waals surface area contributed by atoms with Crippen LogP contribution in [-0.4, -0.2) is 32.1 Å². The third-order valence-electron chi connectivity index (χ3n) is 4.07. The molecular weight excluding hydrogens is 328 g/mol. The normalized spacial score (nSPS) is 11.8. The monoisotopic (exact) mass is 346 g/mol. The molecule has 1 N–H and O–H groups in total. The van der Waals surface area contributed by atoms with E-state index in [1.54, 1.807) is 10.8 Å². The maximum atomic E-state index is 5.68. The highest BCUT2D eigenvalue weighted by molar-refractivity contribution is 6.03. The first kappa shape index (κ1) is 16.0. The lowest BCUT2D eigenvalue weighted by Gasteiger charge is -2.10. The maximum absolute atomic E-state index is 5.68. The summed E-state index contributed by atoms with van der Waals surface area (Å²) in [6, 6.07) is 15.7. The minimum atomic E-state index is 0.605. The second kappa shape index (κ2) is 6.79. The molecule has 130 valence electrons. The molecule has 2 aromatic carbocycles. The SMILES string of the molecule is CCOc1ccccc1C(C)=NNc1nn2cnnc2c2ccccc12. The Bertz CT molecular complexity index is 1100. The number of para-hydroxylation sites is 1. The van der Waals surface area contributed by atoms with Gasteiger partial charge in [0.15, 0.2) is 11.5 Å². The van der Waals surface area contributed by atoms with E-state index in [0.29, 0.717) is 18.1 Å². The van der Waals surface area contributed by atoms with Gasteiger partial charge in [0.2, 0.25) is 0 Å². The smallest absolute Gasteiger partial charge is 0.185 e. The van der Waals surface area contributed by atoms with Crippen molar-refractivity contribution in [3.05, 3.63) is 60.4 Å². The fraction of sp³-hybridized carbons (Fsp3) is 0.158. The Morgan fingerprint density at radius 1 is 1.12 bits per heavy atom. The van der Waals surface area contributed by atoms with Crippen LogP contribution in [0, 0.1) is 0 Å². The van der Waals surface area contributed by atoms with Crippen LogP contribution in [0.2, 0.25) is 0 Å². The molecule has 26 heavy (non-hydrogen) atoms. The van der Waals surface area contributed by atoms with Gasteiger partial charge < -0.3 is 4.74 Å². The Labute approximate surface area is 150 Å². The van der Waals surface area contributed by atoms with Crippen molar-refractivity contribution in [1.29, 1.82) is 0 Å². The summed E-state index contributed by atoms with van der Waals surface area (Å²) in [4.78, 5) is 0. The van der Waals surface area contributed by atoms with E-state index < -0.39 is 0 Å². The van der Waals surface area contributed by atoms with Gasteiger partial charge in [0, 0.05) is 16.3 Å². The van der Waals surface area contributed by atoms with Crippen LogP contribution in [-0.2, 0) is 0 Å². The van der Waals surface area contributed by atoms with Gasteiger partial charge in [-0.1, -0.05) is 36.4 Å². The largest absolute Gasteiger partial charge is 0.493 e. The second-order valence-electron chi connectivity index (χ2n) is 5.73. The number of hydrazone groups is 1. The summed E-state index contributed by atoms with van der Waals surface area (Å²) in [7, 11) is 0. The second-order valence-corrected chi connectivity index (χ2v) is 5.73. The predicted molar refractivity (Wildman–Crippen MR) is 102 cm³/mol. The Balaban J connectivity index is 1.74. The van der Waals surface area contributed by atoms with Crippen molar-refractivity contribution < 1.29 is 4.74 Å².